The van der Waals surface area contributed by atoms with Crippen molar-refractivity contribution >= 4 is 51.9 Å². The Bertz CT molecular complexity index is 1200. The molecule has 10 heteroatoms. The van der Waals surface area contributed by atoms with E-state index in [1.54, 1.807) is 17.0 Å². The maximum Gasteiger partial charge on any atom is 0.270 e. The molecular formula is C25H26FN5O3S. The lowest BCUT2D eigenvalue weighted by molar-refractivity contribution is -0.122. The first-order chi connectivity index (χ1) is 17.0. The maximum atomic E-state index is 13.9. The first-order valence-electron chi connectivity index (χ1n) is 11.5. The number of aliphatic imine (C=N–C) groups is 2. The number of carbonyl (C=O) groups excluding carboxylic acids is 3. The van der Waals surface area contributed by atoms with Crippen LogP contribution in [0.2, 0.25) is 0 Å². The normalized spacial score (nSPS) is 16.2. The number of rotatable bonds is 9. The number of benzene rings is 2. The summed E-state index contributed by atoms with van der Waals surface area (Å²) in [6.45, 7) is 2.65. The predicted octanol–water partition coefficient (Wildman–Crippen LogP) is 3.85. The van der Waals surface area contributed by atoms with E-state index in [1.807, 2.05) is 31.2 Å². The molecule has 0 saturated heterocycles. The van der Waals surface area contributed by atoms with Crippen molar-refractivity contribution in [2.45, 2.75) is 38.6 Å². The topological polar surface area (TPSA) is 103 Å². The lowest BCUT2D eigenvalue weighted by Crippen LogP contribution is -2.44. The third kappa shape index (κ3) is 5.76. The van der Waals surface area contributed by atoms with Gasteiger partial charge in [0.15, 0.2) is 5.17 Å². The second-order valence-corrected chi connectivity index (χ2v) is 9.07. The molecule has 0 radical (unpaired) electrons. The Morgan fingerprint density at radius 2 is 1.86 bits per heavy atom. The van der Waals surface area contributed by atoms with Crippen molar-refractivity contribution < 1.29 is 18.8 Å². The fourth-order valence-electron chi connectivity index (χ4n) is 3.82. The molecule has 35 heavy (non-hydrogen) atoms. The van der Waals surface area contributed by atoms with Gasteiger partial charge in [-0.2, -0.15) is 4.99 Å². The fraction of sp³-hybridized carbons (Fsp3) is 0.320. The molecule has 182 valence electrons. The van der Waals surface area contributed by atoms with Crippen LogP contribution in [0.5, 0.6) is 0 Å². The highest BCUT2D eigenvalue weighted by Gasteiger charge is 2.41. The molecule has 0 aliphatic carbocycles. The zero-order chi connectivity index (χ0) is 24.8. The molecule has 3 amide bonds. The fourth-order valence-corrected chi connectivity index (χ4v) is 4.66. The Balaban J connectivity index is 1.49. The van der Waals surface area contributed by atoms with Crippen LogP contribution in [0.4, 0.5) is 15.8 Å². The molecule has 0 aromatic heterocycles. The number of amidine groups is 2. The molecule has 1 unspecified atom stereocenters. The summed E-state index contributed by atoms with van der Waals surface area (Å²) in [5.74, 6) is -0.967. The largest absolute Gasteiger partial charge is 0.356 e. The number of unbranched alkanes of at least 4 members (excludes halogenated alkanes) is 1. The minimum absolute atomic E-state index is 0.0441. The Kier molecular flexibility index (Phi) is 7.91. The molecule has 2 aliphatic rings. The van der Waals surface area contributed by atoms with Gasteiger partial charge < -0.3 is 10.6 Å². The summed E-state index contributed by atoms with van der Waals surface area (Å²) in [4.78, 5) is 48.2. The van der Waals surface area contributed by atoms with Crippen molar-refractivity contribution in [2.24, 2.45) is 9.98 Å². The van der Waals surface area contributed by atoms with E-state index < -0.39 is 17.8 Å². The molecule has 4 rings (SSSR count). The van der Waals surface area contributed by atoms with Gasteiger partial charge in [0.2, 0.25) is 11.8 Å². The molecule has 0 saturated carbocycles. The second-order valence-electron chi connectivity index (χ2n) is 8.13. The Hall–Kier alpha value is -3.53. The number of halogens is 1. The quantitative estimate of drug-likeness (QED) is 0.515. The highest BCUT2D eigenvalue weighted by atomic mass is 32.2. The molecular weight excluding hydrogens is 469 g/mol. The van der Waals surface area contributed by atoms with Crippen molar-refractivity contribution in [3.05, 3.63) is 59.9 Å². The van der Waals surface area contributed by atoms with Gasteiger partial charge >= 0.3 is 0 Å². The van der Waals surface area contributed by atoms with Gasteiger partial charge in [0, 0.05) is 18.5 Å². The van der Waals surface area contributed by atoms with Crippen molar-refractivity contribution in [1.29, 1.82) is 0 Å². The van der Waals surface area contributed by atoms with E-state index in [2.05, 4.69) is 20.6 Å². The van der Waals surface area contributed by atoms with E-state index in [4.69, 9.17) is 0 Å². The van der Waals surface area contributed by atoms with Crippen molar-refractivity contribution in [2.75, 3.05) is 17.6 Å². The number of amides is 3. The van der Waals surface area contributed by atoms with Gasteiger partial charge in [-0.15, -0.1) is 0 Å². The summed E-state index contributed by atoms with van der Waals surface area (Å²) < 4.78 is 13.9. The third-order valence-electron chi connectivity index (χ3n) is 5.59. The van der Waals surface area contributed by atoms with E-state index >= 15 is 0 Å². The number of carbonyl (C=O) groups is 3. The van der Waals surface area contributed by atoms with E-state index in [-0.39, 0.29) is 36.1 Å². The average Bonchev–Trinajstić information content (AvgIpc) is 3.19. The smallest absolute Gasteiger partial charge is 0.270 e. The molecule has 2 N–H and O–H groups in total. The van der Waals surface area contributed by atoms with Crippen LogP contribution in [0.25, 0.3) is 0 Å². The molecule has 1 atom stereocenters. The van der Waals surface area contributed by atoms with E-state index in [1.165, 1.54) is 12.1 Å². The number of nitrogens with one attached hydrogen (secondary N) is 2. The van der Waals surface area contributed by atoms with E-state index in [0.717, 1.165) is 30.2 Å². The Morgan fingerprint density at radius 3 is 2.66 bits per heavy atom. The van der Waals surface area contributed by atoms with Crippen molar-refractivity contribution in [1.82, 2.24) is 10.2 Å². The zero-order valence-corrected chi connectivity index (χ0v) is 20.1. The SMILES string of the molecule is CCCCNC(=O)CCC1C(=O)N=C2c3ccccc3N=C(SCC(=O)Nc3ccccc3F)N21. The summed E-state index contributed by atoms with van der Waals surface area (Å²) in [5.41, 5.74) is 1.46. The standard InChI is InChI=1S/C25H26FN5O3S/c1-2-3-14-27-21(32)13-12-20-24(34)30-23-16-8-4-6-10-18(16)29-25(31(20)23)35-15-22(33)28-19-11-7-5-9-17(19)26/h4-11,20H,2-3,12-15H2,1H3,(H,27,32)(H,28,33). The molecule has 0 bridgehead atoms. The van der Waals surface area contributed by atoms with Crippen LogP contribution < -0.4 is 10.6 Å². The van der Waals surface area contributed by atoms with Gasteiger partial charge in [-0.1, -0.05) is 49.4 Å². The monoisotopic (exact) mass is 495 g/mol. The molecule has 2 aliphatic heterocycles. The van der Waals surface area contributed by atoms with Crippen LogP contribution in [-0.2, 0) is 14.4 Å². The Labute approximate surface area is 207 Å². The van der Waals surface area contributed by atoms with Crippen molar-refractivity contribution in [3.63, 3.8) is 0 Å². The third-order valence-corrected chi connectivity index (χ3v) is 6.54. The highest BCUT2D eigenvalue weighted by Crippen LogP contribution is 2.35. The van der Waals surface area contributed by atoms with Crippen LogP contribution in [0, 0.1) is 5.82 Å². The van der Waals surface area contributed by atoms with Crippen LogP contribution in [0.1, 0.15) is 38.2 Å². The summed E-state index contributed by atoms with van der Waals surface area (Å²) in [5, 5.41) is 5.86. The molecule has 2 aromatic carbocycles. The van der Waals surface area contributed by atoms with Crippen LogP contribution >= 0.6 is 11.8 Å². The van der Waals surface area contributed by atoms with Gasteiger partial charge in [0.05, 0.1) is 17.1 Å². The van der Waals surface area contributed by atoms with Gasteiger partial charge in [0.1, 0.15) is 17.7 Å². The molecule has 2 aromatic rings. The number of nitrogens with zero attached hydrogens (tertiary/aromatic N) is 3. The number of anilines is 1. The minimum Gasteiger partial charge on any atom is -0.356 e. The summed E-state index contributed by atoms with van der Waals surface area (Å²) in [7, 11) is 0. The second kappa shape index (κ2) is 11.3. The molecule has 2 heterocycles. The summed E-state index contributed by atoms with van der Waals surface area (Å²) in [6, 6.07) is 12.6. The first-order valence-corrected chi connectivity index (χ1v) is 12.5. The van der Waals surface area contributed by atoms with Gasteiger partial charge in [0.25, 0.3) is 5.91 Å². The number of para-hydroxylation sites is 2. The molecule has 0 spiro atoms. The number of hydrogen-bond donors (Lipinski definition) is 2. The summed E-state index contributed by atoms with van der Waals surface area (Å²) in [6.07, 6.45) is 2.32. The van der Waals surface area contributed by atoms with Gasteiger partial charge in [-0.25, -0.2) is 9.38 Å². The average molecular weight is 496 g/mol. The van der Waals surface area contributed by atoms with E-state index in [0.29, 0.717) is 23.2 Å². The predicted molar refractivity (Wildman–Crippen MR) is 135 cm³/mol. The summed E-state index contributed by atoms with van der Waals surface area (Å²) >= 11 is 1.14. The number of fused-ring (bicyclic) bond motifs is 3. The van der Waals surface area contributed by atoms with E-state index in [9.17, 15) is 18.8 Å². The molecule has 8 nitrogen and oxygen atoms in total. The molecule has 0 fully saturated rings. The van der Waals surface area contributed by atoms with Crippen LogP contribution in [0.3, 0.4) is 0 Å². The van der Waals surface area contributed by atoms with Gasteiger partial charge in [-0.3, -0.25) is 19.3 Å². The van der Waals surface area contributed by atoms with Gasteiger partial charge in [-0.05, 0) is 37.1 Å². The maximum absolute atomic E-state index is 13.9. The van der Waals surface area contributed by atoms with Crippen LogP contribution in [0.15, 0.2) is 58.5 Å². The Morgan fingerprint density at radius 1 is 1.09 bits per heavy atom. The minimum atomic E-state index is -0.684. The number of thioether (sulfide) groups is 1. The highest BCUT2D eigenvalue weighted by molar-refractivity contribution is 8.14. The van der Waals surface area contributed by atoms with Crippen molar-refractivity contribution in [3.8, 4) is 0 Å². The lowest BCUT2D eigenvalue weighted by atomic mass is 10.1. The van der Waals surface area contributed by atoms with Crippen LogP contribution in [-0.4, -0.2) is 52.0 Å². The number of hydrogen-bond acceptors (Lipinski definition) is 6. The zero-order valence-electron chi connectivity index (χ0n) is 19.3. The lowest BCUT2D eigenvalue weighted by Gasteiger charge is -2.31. The first kappa shape index (κ1) is 24.6.